The van der Waals surface area contributed by atoms with E-state index in [2.05, 4.69) is 9.97 Å². The van der Waals surface area contributed by atoms with E-state index in [4.69, 9.17) is 5.73 Å². The molecule has 2 aromatic rings. The molecule has 2 rings (SSSR count). The topological polar surface area (TPSA) is 51.8 Å². The number of aromatic nitrogens is 2. The van der Waals surface area contributed by atoms with E-state index in [1.54, 1.807) is 19.3 Å². The molecule has 0 amide bonds. The molecule has 0 aliphatic rings. The number of benzene rings is 1. The van der Waals surface area contributed by atoms with Crippen LogP contribution in [0.1, 0.15) is 35.5 Å². The normalized spacial score (nSPS) is 13.2. The number of halogens is 3. The summed E-state index contributed by atoms with van der Waals surface area (Å²) in [6, 6.07) is 4.84. The maximum absolute atomic E-state index is 12.4. The van der Waals surface area contributed by atoms with Crippen molar-refractivity contribution >= 4 is 0 Å². The summed E-state index contributed by atoms with van der Waals surface area (Å²) in [6.07, 6.45) is -0.692. The highest BCUT2D eigenvalue weighted by molar-refractivity contribution is 5.27. The largest absolute Gasteiger partial charge is 0.416 e. The third-order valence-corrected chi connectivity index (χ3v) is 2.86. The first kappa shape index (κ1) is 14.5. The second-order valence-corrected chi connectivity index (χ2v) is 4.59. The molecule has 1 aromatic heterocycles. The van der Waals surface area contributed by atoms with Crippen molar-refractivity contribution in [3.05, 3.63) is 59.2 Å². The van der Waals surface area contributed by atoms with E-state index in [1.165, 1.54) is 12.1 Å². The van der Waals surface area contributed by atoms with Crippen molar-refractivity contribution in [3.8, 4) is 0 Å². The van der Waals surface area contributed by atoms with E-state index >= 15 is 0 Å². The van der Waals surface area contributed by atoms with Gasteiger partial charge in [0, 0.05) is 18.7 Å². The molecule has 106 valence electrons. The SMILES string of the molecule is CC(N)c1cnc(Cc2ccc(C(F)(F)F)cc2)cn1. The van der Waals surface area contributed by atoms with Gasteiger partial charge in [0.2, 0.25) is 0 Å². The summed E-state index contributed by atoms with van der Waals surface area (Å²) in [6.45, 7) is 1.81. The van der Waals surface area contributed by atoms with Gasteiger partial charge in [-0.2, -0.15) is 13.2 Å². The molecule has 2 N–H and O–H groups in total. The summed E-state index contributed by atoms with van der Waals surface area (Å²) in [5, 5.41) is 0. The average Bonchev–Trinajstić information content (AvgIpc) is 2.39. The third-order valence-electron chi connectivity index (χ3n) is 2.86. The minimum atomic E-state index is -4.31. The standard InChI is InChI=1S/C14H14F3N3/c1-9(18)13-8-19-12(7-20-13)6-10-2-4-11(5-3-10)14(15,16)17/h2-5,7-9H,6,18H2,1H3. The van der Waals surface area contributed by atoms with Gasteiger partial charge >= 0.3 is 6.18 Å². The fourth-order valence-electron chi connectivity index (χ4n) is 1.71. The van der Waals surface area contributed by atoms with E-state index in [0.717, 1.165) is 17.7 Å². The lowest BCUT2D eigenvalue weighted by Crippen LogP contribution is -2.08. The second-order valence-electron chi connectivity index (χ2n) is 4.59. The number of alkyl halides is 3. The van der Waals surface area contributed by atoms with E-state index < -0.39 is 11.7 Å². The Morgan fingerprint density at radius 2 is 1.75 bits per heavy atom. The predicted octanol–water partition coefficient (Wildman–Crippen LogP) is 3.11. The number of nitrogens with zero attached hydrogens (tertiary/aromatic N) is 2. The smallest absolute Gasteiger partial charge is 0.323 e. The van der Waals surface area contributed by atoms with Crippen LogP contribution < -0.4 is 5.73 Å². The first-order chi connectivity index (χ1) is 9.36. The van der Waals surface area contributed by atoms with Crippen LogP contribution in [0, 0.1) is 0 Å². The molecule has 1 aromatic carbocycles. The summed E-state index contributed by atoms with van der Waals surface area (Å²) in [5.41, 5.74) is 7.13. The highest BCUT2D eigenvalue weighted by Crippen LogP contribution is 2.29. The van der Waals surface area contributed by atoms with Gasteiger partial charge in [0.1, 0.15) is 0 Å². The van der Waals surface area contributed by atoms with Crippen molar-refractivity contribution in [2.45, 2.75) is 25.6 Å². The van der Waals surface area contributed by atoms with Gasteiger partial charge in [-0.15, -0.1) is 0 Å². The molecule has 0 saturated heterocycles. The Morgan fingerprint density at radius 3 is 2.20 bits per heavy atom. The predicted molar refractivity (Wildman–Crippen MR) is 68.9 cm³/mol. The maximum Gasteiger partial charge on any atom is 0.416 e. The van der Waals surface area contributed by atoms with Crippen LogP contribution in [0.2, 0.25) is 0 Å². The zero-order valence-electron chi connectivity index (χ0n) is 10.9. The van der Waals surface area contributed by atoms with Gasteiger partial charge in [0.05, 0.1) is 23.1 Å². The Balaban J connectivity index is 2.10. The van der Waals surface area contributed by atoms with Crippen molar-refractivity contribution in [2.24, 2.45) is 5.73 Å². The van der Waals surface area contributed by atoms with Crippen molar-refractivity contribution in [1.82, 2.24) is 9.97 Å². The zero-order chi connectivity index (χ0) is 14.8. The Kier molecular flexibility index (Phi) is 4.04. The molecule has 1 heterocycles. The monoisotopic (exact) mass is 281 g/mol. The van der Waals surface area contributed by atoms with E-state index in [1.807, 2.05) is 0 Å². The molecule has 20 heavy (non-hydrogen) atoms. The fourth-order valence-corrected chi connectivity index (χ4v) is 1.71. The Morgan fingerprint density at radius 1 is 1.10 bits per heavy atom. The van der Waals surface area contributed by atoms with E-state index in [9.17, 15) is 13.2 Å². The van der Waals surface area contributed by atoms with Gasteiger partial charge in [-0.3, -0.25) is 9.97 Å². The quantitative estimate of drug-likeness (QED) is 0.940. The highest BCUT2D eigenvalue weighted by atomic mass is 19.4. The number of rotatable bonds is 3. The molecule has 0 aliphatic carbocycles. The van der Waals surface area contributed by atoms with Crippen LogP contribution in [0.3, 0.4) is 0 Å². The molecule has 3 nitrogen and oxygen atoms in total. The van der Waals surface area contributed by atoms with Crippen molar-refractivity contribution in [1.29, 1.82) is 0 Å². The third kappa shape index (κ3) is 3.54. The summed E-state index contributed by atoms with van der Waals surface area (Å²) in [7, 11) is 0. The Bertz CT molecular complexity index is 560. The van der Waals surface area contributed by atoms with Crippen molar-refractivity contribution in [2.75, 3.05) is 0 Å². The van der Waals surface area contributed by atoms with Gasteiger partial charge in [0.25, 0.3) is 0 Å². The maximum atomic E-state index is 12.4. The lowest BCUT2D eigenvalue weighted by Gasteiger charge is -2.08. The van der Waals surface area contributed by atoms with Crippen LogP contribution in [0.25, 0.3) is 0 Å². The fraction of sp³-hybridized carbons (Fsp3) is 0.286. The van der Waals surface area contributed by atoms with Crippen molar-refractivity contribution in [3.63, 3.8) is 0 Å². The van der Waals surface area contributed by atoms with E-state index in [0.29, 0.717) is 17.8 Å². The number of hydrogen-bond donors (Lipinski definition) is 1. The van der Waals surface area contributed by atoms with Crippen LogP contribution in [-0.4, -0.2) is 9.97 Å². The minimum Gasteiger partial charge on any atom is -0.323 e. The van der Waals surface area contributed by atoms with Gasteiger partial charge < -0.3 is 5.73 Å². The molecule has 0 bridgehead atoms. The average molecular weight is 281 g/mol. The molecule has 0 radical (unpaired) electrons. The van der Waals surface area contributed by atoms with Crippen LogP contribution >= 0.6 is 0 Å². The molecular weight excluding hydrogens is 267 g/mol. The van der Waals surface area contributed by atoms with Crippen LogP contribution in [0.15, 0.2) is 36.7 Å². The van der Waals surface area contributed by atoms with Crippen LogP contribution in [-0.2, 0) is 12.6 Å². The zero-order valence-corrected chi connectivity index (χ0v) is 10.9. The van der Waals surface area contributed by atoms with Crippen molar-refractivity contribution < 1.29 is 13.2 Å². The lowest BCUT2D eigenvalue weighted by atomic mass is 10.1. The van der Waals surface area contributed by atoms with Crippen LogP contribution in [0.5, 0.6) is 0 Å². The summed E-state index contributed by atoms with van der Waals surface area (Å²) < 4.78 is 37.3. The first-order valence-electron chi connectivity index (χ1n) is 6.09. The number of nitrogens with two attached hydrogens (primary N) is 1. The van der Waals surface area contributed by atoms with Gasteiger partial charge in [0.15, 0.2) is 0 Å². The first-order valence-corrected chi connectivity index (χ1v) is 6.09. The van der Waals surface area contributed by atoms with Gasteiger partial charge in [-0.05, 0) is 24.6 Å². The second kappa shape index (κ2) is 5.58. The lowest BCUT2D eigenvalue weighted by molar-refractivity contribution is -0.137. The van der Waals surface area contributed by atoms with Crippen LogP contribution in [0.4, 0.5) is 13.2 Å². The van der Waals surface area contributed by atoms with Gasteiger partial charge in [-0.25, -0.2) is 0 Å². The molecule has 0 saturated carbocycles. The molecule has 0 aliphatic heterocycles. The highest BCUT2D eigenvalue weighted by Gasteiger charge is 2.29. The molecule has 0 fully saturated rings. The molecule has 0 spiro atoms. The summed E-state index contributed by atoms with van der Waals surface area (Å²) >= 11 is 0. The van der Waals surface area contributed by atoms with E-state index in [-0.39, 0.29) is 6.04 Å². The summed E-state index contributed by atoms with van der Waals surface area (Å²) in [4.78, 5) is 8.37. The summed E-state index contributed by atoms with van der Waals surface area (Å²) in [5.74, 6) is 0. The molecule has 1 unspecified atom stereocenters. The van der Waals surface area contributed by atoms with Gasteiger partial charge in [-0.1, -0.05) is 12.1 Å². The molecule has 6 heteroatoms. The number of hydrogen-bond acceptors (Lipinski definition) is 3. The molecule has 1 atom stereocenters. The molecular formula is C14H14F3N3. The minimum absolute atomic E-state index is 0.192. The Hall–Kier alpha value is -1.95. The Labute approximate surface area is 114 Å².